The highest BCUT2D eigenvalue weighted by Crippen LogP contribution is 2.12. The van der Waals surface area contributed by atoms with Gasteiger partial charge in [0, 0.05) is 37.7 Å². The molecule has 3 aromatic rings. The third-order valence-electron chi connectivity index (χ3n) is 5.63. The Morgan fingerprint density at radius 3 is 2.50 bits per heavy atom. The Bertz CT molecular complexity index is 1140. The minimum Gasteiger partial charge on any atom is -0.353 e. The molecule has 0 spiro atoms. The van der Waals surface area contributed by atoms with Crippen LogP contribution in [-0.2, 0) is 16.0 Å². The molecule has 1 fully saturated rings. The zero-order valence-corrected chi connectivity index (χ0v) is 17.8. The van der Waals surface area contributed by atoms with Gasteiger partial charge in [0.1, 0.15) is 5.82 Å². The third-order valence-corrected chi connectivity index (χ3v) is 5.63. The van der Waals surface area contributed by atoms with Crippen molar-refractivity contribution in [3.8, 4) is 0 Å². The second-order valence-electron chi connectivity index (χ2n) is 8.06. The van der Waals surface area contributed by atoms with Crippen molar-refractivity contribution in [1.29, 1.82) is 0 Å². The fourth-order valence-electron chi connectivity index (χ4n) is 3.95. The molecule has 1 aliphatic heterocycles. The van der Waals surface area contributed by atoms with Crippen LogP contribution in [0.2, 0.25) is 0 Å². The van der Waals surface area contributed by atoms with Crippen molar-refractivity contribution in [3.63, 3.8) is 0 Å². The second-order valence-corrected chi connectivity index (χ2v) is 8.06. The van der Waals surface area contributed by atoms with E-state index in [0.717, 1.165) is 31.6 Å². The van der Waals surface area contributed by atoms with Crippen LogP contribution >= 0.6 is 0 Å². The van der Waals surface area contributed by atoms with Crippen molar-refractivity contribution in [2.45, 2.75) is 31.7 Å². The van der Waals surface area contributed by atoms with Gasteiger partial charge in [-0.05, 0) is 37.1 Å². The minimum absolute atomic E-state index is 0.0319. The number of likely N-dealkylation sites (tertiary alicyclic amines) is 1. The predicted molar refractivity (Wildman–Crippen MR) is 123 cm³/mol. The summed E-state index contributed by atoms with van der Waals surface area (Å²) in [5.74, 6) is 0.430. The topological polar surface area (TPSA) is 107 Å². The average molecular weight is 434 g/mol. The van der Waals surface area contributed by atoms with Crippen molar-refractivity contribution < 1.29 is 9.59 Å². The van der Waals surface area contributed by atoms with E-state index in [1.165, 1.54) is 0 Å². The average Bonchev–Trinajstić information content (AvgIpc) is 2.80. The molecule has 2 amide bonds. The first kappa shape index (κ1) is 21.7. The molecule has 0 saturated carbocycles. The molecule has 0 bridgehead atoms. The highest BCUT2D eigenvalue weighted by atomic mass is 16.2. The molecule has 0 aliphatic carbocycles. The van der Waals surface area contributed by atoms with Gasteiger partial charge < -0.3 is 15.6 Å². The number of carbonyl (C=O) groups excluding carboxylic acids is 2. The van der Waals surface area contributed by atoms with Crippen LogP contribution in [0.1, 0.15) is 25.1 Å². The Balaban J connectivity index is 1.19. The van der Waals surface area contributed by atoms with Gasteiger partial charge in [-0.25, -0.2) is 4.98 Å². The third kappa shape index (κ3) is 5.79. The van der Waals surface area contributed by atoms with E-state index in [1.807, 2.05) is 36.4 Å². The first-order valence-electron chi connectivity index (χ1n) is 10.9. The Kier molecular flexibility index (Phi) is 6.91. The number of aryl methyl sites for hydroxylation is 1. The van der Waals surface area contributed by atoms with Gasteiger partial charge in [0.15, 0.2) is 0 Å². The number of hydrogen-bond acceptors (Lipinski definition) is 5. The molecule has 8 nitrogen and oxygen atoms in total. The molecule has 0 unspecified atom stereocenters. The van der Waals surface area contributed by atoms with Crippen LogP contribution in [0, 0.1) is 0 Å². The minimum atomic E-state index is -0.185. The molecular weight excluding hydrogens is 406 g/mol. The standard InChI is InChI=1S/C24H27N5O3/c30-22(11-10-21-27-20-9-5-4-8-19(20)24(32)28-21)25-18-12-14-29(15-13-18)16-23(31)26-17-6-2-1-3-7-17/h1-9,18H,10-16H2,(H,25,30)(H,26,31)(H,27,28,32). The second kappa shape index (κ2) is 10.2. The van der Waals surface area contributed by atoms with Gasteiger partial charge in [0.25, 0.3) is 5.56 Å². The number of para-hydroxylation sites is 2. The highest BCUT2D eigenvalue weighted by Gasteiger charge is 2.22. The molecule has 1 aromatic heterocycles. The number of amides is 2. The van der Waals surface area contributed by atoms with Crippen LogP contribution in [0.5, 0.6) is 0 Å². The summed E-state index contributed by atoms with van der Waals surface area (Å²) in [4.78, 5) is 46.0. The van der Waals surface area contributed by atoms with E-state index in [2.05, 4.69) is 25.5 Å². The summed E-state index contributed by atoms with van der Waals surface area (Å²) >= 11 is 0. The Morgan fingerprint density at radius 2 is 1.72 bits per heavy atom. The van der Waals surface area contributed by atoms with Crippen LogP contribution in [0.3, 0.4) is 0 Å². The summed E-state index contributed by atoms with van der Waals surface area (Å²) in [6.07, 6.45) is 2.25. The maximum atomic E-state index is 12.4. The van der Waals surface area contributed by atoms with Gasteiger partial charge in [0.2, 0.25) is 11.8 Å². The lowest BCUT2D eigenvalue weighted by atomic mass is 10.0. The van der Waals surface area contributed by atoms with Crippen LogP contribution in [-0.4, -0.2) is 52.4 Å². The zero-order chi connectivity index (χ0) is 22.3. The first-order chi connectivity index (χ1) is 15.6. The number of aromatic nitrogens is 2. The Morgan fingerprint density at radius 1 is 1.00 bits per heavy atom. The molecule has 1 aliphatic rings. The van der Waals surface area contributed by atoms with Crippen molar-refractivity contribution in [1.82, 2.24) is 20.2 Å². The lowest BCUT2D eigenvalue weighted by Crippen LogP contribution is -2.46. The van der Waals surface area contributed by atoms with Gasteiger partial charge in [-0.2, -0.15) is 0 Å². The van der Waals surface area contributed by atoms with Gasteiger partial charge in [0.05, 0.1) is 17.4 Å². The molecule has 0 atom stereocenters. The molecule has 32 heavy (non-hydrogen) atoms. The van der Waals surface area contributed by atoms with E-state index < -0.39 is 0 Å². The smallest absolute Gasteiger partial charge is 0.258 e. The molecule has 2 aromatic carbocycles. The van der Waals surface area contributed by atoms with E-state index in [1.54, 1.807) is 18.2 Å². The molecular formula is C24H27N5O3. The monoisotopic (exact) mass is 433 g/mol. The SMILES string of the molecule is O=C(CN1CCC(NC(=O)CCc2nc3ccccc3c(=O)[nH]2)CC1)Nc1ccccc1. The molecule has 2 heterocycles. The highest BCUT2D eigenvalue weighted by molar-refractivity contribution is 5.92. The summed E-state index contributed by atoms with van der Waals surface area (Å²) < 4.78 is 0. The predicted octanol–water partition coefficient (Wildman–Crippen LogP) is 2.07. The quantitative estimate of drug-likeness (QED) is 0.529. The van der Waals surface area contributed by atoms with E-state index >= 15 is 0 Å². The van der Waals surface area contributed by atoms with Gasteiger partial charge in [-0.1, -0.05) is 30.3 Å². The van der Waals surface area contributed by atoms with Gasteiger partial charge >= 0.3 is 0 Å². The van der Waals surface area contributed by atoms with E-state index in [0.29, 0.717) is 29.7 Å². The number of anilines is 1. The van der Waals surface area contributed by atoms with Gasteiger partial charge in [-0.15, -0.1) is 0 Å². The number of fused-ring (bicyclic) bond motifs is 1. The molecule has 0 radical (unpaired) electrons. The summed E-state index contributed by atoms with van der Waals surface area (Å²) in [7, 11) is 0. The van der Waals surface area contributed by atoms with Crippen LogP contribution < -0.4 is 16.2 Å². The van der Waals surface area contributed by atoms with Crippen molar-refractivity contribution in [3.05, 3.63) is 70.8 Å². The zero-order valence-electron chi connectivity index (χ0n) is 17.8. The number of hydrogen-bond donors (Lipinski definition) is 3. The molecule has 3 N–H and O–H groups in total. The summed E-state index contributed by atoms with van der Waals surface area (Å²) in [5, 5.41) is 6.51. The lowest BCUT2D eigenvalue weighted by molar-refractivity contribution is -0.122. The summed E-state index contributed by atoms with van der Waals surface area (Å²) in [6, 6.07) is 16.7. The number of nitrogens with zero attached hydrogens (tertiary/aromatic N) is 2. The van der Waals surface area contributed by atoms with Crippen molar-refractivity contribution in [2.75, 3.05) is 25.0 Å². The summed E-state index contributed by atoms with van der Waals surface area (Å²) in [6.45, 7) is 1.86. The number of benzene rings is 2. The molecule has 166 valence electrons. The fourth-order valence-corrected chi connectivity index (χ4v) is 3.95. The fraction of sp³-hybridized carbons (Fsp3) is 0.333. The number of piperidine rings is 1. The van der Waals surface area contributed by atoms with Crippen LogP contribution in [0.15, 0.2) is 59.4 Å². The van der Waals surface area contributed by atoms with E-state index in [4.69, 9.17) is 0 Å². The van der Waals surface area contributed by atoms with Gasteiger partial charge in [-0.3, -0.25) is 19.3 Å². The number of nitrogens with one attached hydrogen (secondary N) is 3. The van der Waals surface area contributed by atoms with Crippen molar-refractivity contribution >= 4 is 28.4 Å². The Labute approximate surface area is 186 Å². The largest absolute Gasteiger partial charge is 0.353 e. The van der Waals surface area contributed by atoms with Crippen molar-refractivity contribution in [2.24, 2.45) is 0 Å². The number of aromatic amines is 1. The maximum absolute atomic E-state index is 12.4. The van der Waals surface area contributed by atoms with Crippen LogP contribution in [0.25, 0.3) is 10.9 Å². The first-order valence-corrected chi connectivity index (χ1v) is 10.9. The summed E-state index contributed by atoms with van der Waals surface area (Å²) in [5.41, 5.74) is 1.24. The number of H-pyrrole nitrogens is 1. The lowest BCUT2D eigenvalue weighted by Gasteiger charge is -2.31. The number of carbonyl (C=O) groups is 2. The van der Waals surface area contributed by atoms with E-state index in [9.17, 15) is 14.4 Å². The number of rotatable bonds is 7. The molecule has 4 rings (SSSR count). The van der Waals surface area contributed by atoms with E-state index in [-0.39, 0.29) is 29.8 Å². The Hall–Kier alpha value is -3.52. The maximum Gasteiger partial charge on any atom is 0.258 e. The normalized spacial score (nSPS) is 14.9. The molecule has 1 saturated heterocycles. The van der Waals surface area contributed by atoms with Crippen LogP contribution in [0.4, 0.5) is 5.69 Å². The molecule has 8 heteroatoms.